The van der Waals surface area contributed by atoms with Gasteiger partial charge in [0.1, 0.15) is 0 Å². The van der Waals surface area contributed by atoms with E-state index in [2.05, 4.69) is 29.6 Å². The lowest BCUT2D eigenvalue weighted by Crippen LogP contribution is -2.16. The number of primary amides is 1. The predicted octanol–water partition coefficient (Wildman–Crippen LogP) is 3.36. The minimum Gasteiger partial charge on any atom is -0.378 e. The van der Waals surface area contributed by atoms with Crippen molar-refractivity contribution in [2.75, 3.05) is 11.1 Å². The third-order valence-electron chi connectivity index (χ3n) is 3.63. The first-order valence-corrected chi connectivity index (χ1v) is 8.06. The molecule has 0 spiro atoms. The third-order valence-corrected chi connectivity index (χ3v) is 4.75. The van der Waals surface area contributed by atoms with Crippen LogP contribution < -0.4 is 11.1 Å². The van der Waals surface area contributed by atoms with Crippen LogP contribution in [0.3, 0.4) is 0 Å². The molecule has 3 rings (SSSR count). The lowest BCUT2D eigenvalue weighted by molar-refractivity contribution is -0.117. The van der Waals surface area contributed by atoms with Crippen LogP contribution in [0.5, 0.6) is 0 Å². The van der Waals surface area contributed by atoms with E-state index >= 15 is 0 Å². The molecule has 4 heteroatoms. The van der Waals surface area contributed by atoms with E-state index in [0.29, 0.717) is 12.5 Å². The second-order valence-corrected chi connectivity index (χ2v) is 6.35. The Hall–Kier alpha value is -1.94. The maximum atomic E-state index is 10.9. The van der Waals surface area contributed by atoms with Crippen molar-refractivity contribution in [2.24, 2.45) is 5.73 Å². The van der Waals surface area contributed by atoms with Crippen LogP contribution in [0.2, 0.25) is 0 Å². The molecule has 0 aromatic heterocycles. The Kier molecular flexibility index (Phi) is 4.15. The van der Waals surface area contributed by atoms with Gasteiger partial charge in [0, 0.05) is 16.3 Å². The summed E-state index contributed by atoms with van der Waals surface area (Å²) >= 11 is 1.92. The van der Waals surface area contributed by atoms with Crippen LogP contribution >= 0.6 is 11.8 Å². The number of rotatable bonds is 4. The van der Waals surface area contributed by atoms with Gasteiger partial charge in [-0.05, 0) is 35.7 Å². The summed E-state index contributed by atoms with van der Waals surface area (Å²) in [5.41, 5.74) is 8.61. The summed E-state index contributed by atoms with van der Waals surface area (Å²) in [4.78, 5) is 12.3. The summed E-state index contributed by atoms with van der Waals surface area (Å²) in [5, 5.41) is 3.59. The van der Waals surface area contributed by atoms with Crippen molar-refractivity contribution in [3.8, 4) is 0 Å². The number of carbonyl (C=O) groups excluding carboxylic acids is 1. The molecule has 2 aromatic carbocycles. The van der Waals surface area contributed by atoms with Crippen LogP contribution in [0.1, 0.15) is 23.6 Å². The van der Waals surface area contributed by atoms with Crippen molar-refractivity contribution in [3.05, 3.63) is 59.7 Å². The van der Waals surface area contributed by atoms with E-state index < -0.39 is 0 Å². The van der Waals surface area contributed by atoms with Gasteiger partial charge in [0.25, 0.3) is 0 Å². The largest absolute Gasteiger partial charge is 0.378 e. The number of nitrogens with two attached hydrogens (primary N) is 1. The number of amides is 1. The van der Waals surface area contributed by atoms with E-state index in [-0.39, 0.29) is 5.91 Å². The van der Waals surface area contributed by atoms with Crippen molar-refractivity contribution >= 4 is 23.4 Å². The number of fused-ring (bicyclic) bond motifs is 1. The quantitative estimate of drug-likeness (QED) is 0.910. The average molecular weight is 298 g/mol. The summed E-state index contributed by atoms with van der Waals surface area (Å²) < 4.78 is 0. The molecule has 108 valence electrons. The molecular formula is C17H18N2OS. The highest BCUT2D eigenvalue weighted by Gasteiger charge is 2.19. The van der Waals surface area contributed by atoms with E-state index in [1.54, 1.807) is 0 Å². The first-order valence-electron chi connectivity index (χ1n) is 7.08. The zero-order chi connectivity index (χ0) is 14.7. The Morgan fingerprint density at radius 2 is 1.95 bits per heavy atom. The van der Waals surface area contributed by atoms with Gasteiger partial charge in [0.2, 0.25) is 5.91 Å². The van der Waals surface area contributed by atoms with Crippen LogP contribution in [0.15, 0.2) is 53.4 Å². The van der Waals surface area contributed by atoms with E-state index in [1.165, 1.54) is 10.5 Å². The molecule has 1 heterocycles. The molecule has 0 aliphatic carbocycles. The standard InChI is InChI=1S/C17H18N2OS/c18-17(20)11-12-5-7-13(8-6-12)19-15-9-10-21-16-4-2-1-3-14(15)16/h1-8,15,19H,9-11H2,(H2,18,20). The lowest BCUT2D eigenvalue weighted by atomic mass is 10.0. The number of thioether (sulfide) groups is 1. The van der Waals surface area contributed by atoms with Crippen LogP contribution in [-0.4, -0.2) is 11.7 Å². The van der Waals surface area contributed by atoms with Crippen molar-refractivity contribution in [2.45, 2.75) is 23.8 Å². The molecule has 1 aliphatic heterocycles. The molecule has 1 amide bonds. The molecule has 0 radical (unpaired) electrons. The number of nitrogens with one attached hydrogen (secondary N) is 1. The molecule has 0 bridgehead atoms. The van der Waals surface area contributed by atoms with Crippen LogP contribution in [-0.2, 0) is 11.2 Å². The van der Waals surface area contributed by atoms with E-state index in [4.69, 9.17) is 5.73 Å². The molecule has 2 aromatic rings. The van der Waals surface area contributed by atoms with Gasteiger partial charge in [-0.2, -0.15) is 0 Å². The second kappa shape index (κ2) is 6.22. The molecule has 0 saturated heterocycles. The Morgan fingerprint density at radius 3 is 2.71 bits per heavy atom. The van der Waals surface area contributed by atoms with Crippen LogP contribution in [0.25, 0.3) is 0 Å². The van der Waals surface area contributed by atoms with Gasteiger partial charge in [-0.25, -0.2) is 0 Å². The van der Waals surface area contributed by atoms with Gasteiger partial charge in [-0.15, -0.1) is 11.8 Å². The molecule has 1 aliphatic rings. The van der Waals surface area contributed by atoms with E-state index in [9.17, 15) is 4.79 Å². The maximum Gasteiger partial charge on any atom is 0.221 e. The highest BCUT2D eigenvalue weighted by atomic mass is 32.2. The fourth-order valence-electron chi connectivity index (χ4n) is 2.61. The summed E-state index contributed by atoms with van der Waals surface area (Å²) in [7, 11) is 0. The summed E-state index contributed by atoms with van der Waals surface area (Å²) in [6.07, 6.45) is 1.41. The lowest BCUT2D eigenvalue weighted by Gasteiger charge is -2.26. The zero-order valence-corrected chi connectivity index (χ0v) is 12.5. The van der Waals surface area contributed by atoms with Gasteiger partial charge in [-0.1, -0.05) is 30.3 Å². The molecule has 3 N–H and O–H groups in total. The van der Waals surface area contributed by atoms with Gasteiger partial charge < -0.3 is 11.1 Å². The SMILES string of the molecule is NC(=O)Cc1ccc(NC2CCSc3ccccc32)cc1. The van der Waals surface area contributed by atoms with Crippen LogP contribution in [0, 0.1) is 0 Å². The van der Waals surface area contributed by atoms with Crippen molar-refractivity contribution in [1.82, 2.24) is 0 Å². The minimum atomic E-state index is -0.297. The molecule has 1 atom stereocenters. The van der Waals surface area contributed by atoms with Crippen molar-refractivity contribution in [1.29, 1.82) is 0 Å². The molecule has 0 fully saturated rings. The predicted molar refractivity (Wildman–Crippen MR) is 87.5 cm³/mol. The monoisotopic (exact) mass is 298 g/mol. The van der Waals surface area contributed by atoms with Crippen molar-refractivity contribution in [3.63, 3.8) is 0 Å². The minimum absolute atomic E-state index is 0.295. The average Bonchev–Trinajstić information content (AvgIpc) is 2.49. The smallest absolute Gasteiger partial charge is 0.221 e. The number of benzene rings is 2. The van der Waals surface area contributed by atoms with E-state index in [0.717, 1.165) is 23.4 Å². The summed E-state index contributed by atoms with van der Waals surface area (Å²) in [5.74, 6) is 0.836. The zero-order valence-electron chi connectivity index (χ0n) is 11.7. The van der Waals surface area contributed by atoms with Crippen LogP contribution in [0.4, 0.5) is 5.69 Å². The Morgan fingerprint density at radius 1 is 1.19 bits per heavy atom. The third kappa shape index (κ3) is 3.39. The Balaban J connectivity index is 1.74. The molecular weight excluding hydrogens is 280 g/mol. The number of hydrogen-bond acceptors (Lipinski definition) is 3. The topological polar surface area (TPSA) is 55.1 Å². The Labute approximate surface area is 128 Å². The maximum absolute atomic E-state index is 10.9. The highest BCUT2D eigenvalue weighted by Crippen LogP contribution is 2.37. The molecule has 21 heavy (non-hydrogen) atoms. The number of anilines is 1. The first kappa shape index (κ1) is 14.0. The number of carbonyl (C=O) groups is 1. The Bertz CT molecular complexity index is 639. The summed E-state index contributed by atoms with van der Waals surface area (Å²) in [6.45, 7) is 0. The normalized spacial score (nSPS) is 17.0. The van der Waals surface area contributed by atoms with Gasteiger partial charge in [0.05, 0.1) is 12.5 Å². The fraction of sp³-hybridized carbons (Fsp3) is 0.235. The molecule has 1 unspecified atom stereocenters. The number of hydrogen-bond donors (Lipinski definition) is 2. The first-order chi connectivity index (χ1) is 10.2. The summed E-state index contributed by atoms with van der Waals surface area (Å²) in [6, 6.07) is 16.9. The van der Waals surface area contributed by atoms with Gasteiger partial charge >= 0.3 is 0 Å². The van der Waals surface area contributed by atoms with Crippen molar-refractivity contribution < 1.29 is 4.79 Å². The van der Waals surface area contributed by atoms with Gasteiger partial charge in [0.15, 0.2) is 0 Å². The van der Waals surface area contributed by atoms with E-state index in [1.807, 2.05) is 36.0 Å². The van der Waals surface area contributed by atoms with Gasteiger partial charge in [-0.3, -0.25) is 4.79 Å². The fourth-order valence-corrected chi connectivity index (χ4v) is 3.74. The molecule has 0 saturated carbocycles. The highest BCUT2D eigenvalue weighted by molar-refractivity contribution is 7.99. The molecule has 3 nitrogen and oxygen atoms in total. The second-order valence-electron chi connectivity index (χ2n) is 5.21.